The highest BCUT2D eigenvalue weighted by Crippen LogP contribution is 2.43. The van der Waals surface area contributed by atoms with Crippen LogP contribution in [-0.4, -0.2) is 9.78 Å². The number of benzene rings is 4. The largest absolute Gasteiger partial charge is 0.234 e. The molecule has 0 aliphatic rings. The van der Waals surface area contributed by atoms with E-state index in [4.69, 9.17) is 16.7 Å². The first-order valence-electron chi connectivity index (χ1n) is 10.4. The van der Waals surface area contributed by atoms with Gasteiger partial charge in [-0.2, -0.15) is 5.10 Å². The van der Waals surface area contributed by atoms with Crippen molar-refractivity contribution in [1.82, 2.24) is 9.78 Å². The molecular formula is C28H20ClFN2. The van der Waals surface area contributed by atoms with E-state index < -0.39 is 5.54 Å². The van der Waals surface area contributed by atoms with Crippen molar-refractivity contribution < 1.29 is 4.39 Å². The minimum absolute atomic E-state index is 0.311. The first-order valence-corrected chi connectivity index (χ1v) is 10.8. The van der Waals surface area contributed by atoms with Gasteiger partial charge in [0.2, 0.25) is 0 Å². The Morgan fingerprint density at radius 1 is 0.625 bits per heavy atom. The fourth-order valence-electron chi connectivity index (χ4n) is 4.29. The lowest BCUT2D eigenvalue weighted by molar-refractivity contribution is 0.462. The van der Waals surface area contributed by atoms with Crippen molar-refractivity contribution in [3.05, 3.63) is 149 Å². The van der Waals surface area contributed by atoms with Gasteiger partial charge in [-0.15, -0.1) is 0 Å². The van der Waals surface area contributed by atoms with E-state index in [9.17, 15) is 4.39 Å². The van der Waals surface area contributed by atoms with E-state index in [0.29, 0.717) is 16.4 Å². The zero-order valence-corrected chi connectivity index (χ0v) is 18.0. The highest BCUT2D eigenvalue weighted by Gasteiger charge is 2.40. The Morgan fingerprint density at radius 3 is 1.59 bits per heavy atom. The lowest BCUT2D eigenvalue weighted by atomic mass is 9.77. The summed E-state index contributed by atoms with van der Waals surface area (Å²) < 4.78 is 15.8. The molecule has 4 heteroatoms. The monoisotopic (exact) mass is 438 g/mol. The van der Waals surface area contributed by atoms with Gasteiger partial charge in [-0.05, 0) is 28.8 Å². The number of halogens is 2. The van der Waals surface area contributed by atoms with Crippen LogP contribution in [0, 0.1) is 5.82 Å². The van der Waals surface area contributed by atoms with E-state index in [1.807, 2.05) is 65.3 Å². The van der Waals surface area contributed by atoms with Crippen LogP contribution in [0.1, 0.15) is 16.7 Å². The highest BCUT2D eigenvalue weighted by molar-refractivity contribution is 6.30. The first-order chi connectivity index (χ1) is 15.7. The zero-order valence-electron chi connectivity index (χ0n) is 17.2. The summed E-state index contributed by atoms with van der Waals surface area (Å²) in [4.78, 5) is 0. The molecule has 0 atom stereocenters. The Balaban J connectivity index is 1.86. The van der Waals surface area contributed by atoms with Gasteiger partial charge in [0.15, 0.2) is 0 Å². The van der Waals surface area contributed by atoms with E-state index in [1.165, 1.54) is 12.1 Å². The van der Waals surface area contributed by atoms with Crippen molar-refractivity contribution in [2.24, 2.45) is 0 Å². The molecule has 1 heterocycles. The van der Waals surface area contributed by atoms with Crippen molar-refractivity contribution in [2.45, 2.75) is 5.54 Å². The third-order valence-electron chi connectivity index (χ3n) is 5.68. The molecule has 5 rings (SSSR count). The van der Waals surface area contributed by atoms with Gasteiger partial charge < -0.3 is 0 Å². The molecule has 0 saturated carbocycles. The molecule has 0 amide bonds. The van der Waals surface area contributed by atoms with Gasteiger partial charge in [-0.3, -0.25) is 0 Å². The molecule has 32 heavy (non-hydrogen) atoms. The van der Waals surface area contributed by atoms with Gasteiger partial charge in [0.25, 0.3) is 0 Å². The molecule has 0 N–H and O–H groups in total. The summed E-state index contributed by atoms with van der Waals surface area (Å²) in [6.07, 6.45) is 0. The van der Waals surface area contributed by atoms with Crippen LogP contribution in [0.25, 0.3) is 11.3 Å². The van der Waals surface area contributed by atoms with Crippen LogP contribution in [-0.2, 0) is 5.54 Å². The van der Waals surface area contributed by atoms with E-state index in [2.05, 4.69) is 36.4 Å². The summed E-state index contributed by atoms with van der Waals surface area (Å²) in [5.41, 5.74) is 3.54. The predicted octanol–water partition coefficient (Wildman–Crippen LogP) is 7.18. The average Bonchev–Trinajstić information content (AvgIpc) is 3.24. The first kappa shape index (κ1) is 20.2. The van der Waals surface area contributed by atoms with Crippen LogP contribution in [0.2, 0.25) is 5.15 Å². The molecule has 5 aromatic rings. The summed E-state index contributed by atoms with van der Waals surface area (Å²) in [5.74, 6) is -0.311. The molecule has 0 unspecified atom stereocenters. The summed E-state index contributed by atoms with van der Waals surface area (Å²) >= 11 is 6.88. The van der Waals surface area contributed by atoms with Gasteiger partial charge in [0.1, 0.15) is 16.5 Å². The molecule has 0 bridgehead atoms. The number of rotatable bonds is 5. The van der Waals surface area contributed by atoms with Crippen LogP contribution in [0.4, 0.5) is 4.39 Å². The lowest BCUT2D eigenvalue weighted by Gasteiger charge is -2.36. The maximum Gasteiger partial charge on any atom is 0.139 e. The summed E-state index contributed by atoms with van der Waals surface area (Å²) in [6.45, 7) is 0. The van der Waals surface area contributed by atoms with Crippen LogP contribution < -0.4 is 0 Å². The second-order valence-corrected chi connectivity index (χ2v) is 7.97. The van der Waals surface area contributed by atoms with Crippen molar-refractivity contribution in [3.8, 4) is 11.3 Å². The normalized spacial score (nSPS) is 11.4. The van der Waals surface area contributed by atoms with E-state index in [-0.39, 0.29) is 5.82 Å². The minimum Gasteiger partial charge on any atom is -0.234 e. The fourth-order valence-corrected chi connectivity index (χ4v) is 4.56. The third kappa shape index (κ3) is 3.41. The number of hydrogen-bond donors (Lipinski definition) is 0. The number of nitrogens with zero attached hydrogens (tertiary/aromatic N) is 2. The Morgan fingerprint density at radius 2 is 1.12 bits per heavy atom. The van der Waals surface area contributed by atoms with Gasteiger partial charge >= 0.3 is 0 Å². The molecule has 0 saturated heterocycles. The van der Waals surface area contributed by atoms with E-state index >= 15 is 0 Å². The van der Waals surface area contributed by atoms with Crippen molar-refractivity contribution in [1.29, 1.82) is 0 Å². The van der Waals surface area contributed by atoms with Gasteiger partial charge in [0.05, 0.1) is 5.69 Å². The van der Waals surface area contributed by atoms with Gasteiger partial charge in [-0.25, -0.2) is 9.07 Å². The van der Waals surface area contributed by atoms with Crippen LogP contribution >= 0.6 is 11.6 Å². The van der Waals surface area contributed by atoms with Crippen LogP contribution in [0.5, 0.6) is 0 Å². The molecule has 0 aliphatic heterocycles. The molecule has 0 fully saturated rings. The predicted molar refractivity (Wildman–Crippen MR) is 127 cm³/mol. The second-order valence-electron chi connectivity index (χ2n) is 7.58. The SMILES string of the molecule is Fc1cccc(-c2cc(Cl)n(C(c3ccccc3)(c3ccccc3)c3ccccc3)n2)c1. The fraction of sp³-hybridized carbons (Fsp3) is 0.0357. The topological polar surface area (TPSA) is 17.8 Å². The Hall–Kier alpha value is -3.69. The Labute approximate surface area is 191 Å². The van der Waals surface area contributed by atoms with Crippen molar-refractivity contribution in [2.75, 3.05) is 0 Å². The standard InChI is InChI=1S/C28H20ClFN2/c29-27-20-26(21-11-10-18-25(30)19-21)31-32(27)28(22-12-4-1-5-13-22,23-14-6-2-7-15-23)24-16-8-3-9-17-24/h1-20H. The van der Waals surface area contributed by atoms with Crippen LogP contribution in [0.3, 0.4) is 0 Å². The van der Waals surface area contributed by atoms with Crippen LogP contribution in [0.15, 0.2) is 121 Å². The second kappa shape index (κ2) is 8.45. The molecule has 156 valence electrons. The highest BCUT2D eigenvalue weighted by atomic mass is 35.5. The van der Waals surface area contributed by atoms with Crippen molar-refractivity contribution in [3.63, 3.8) is 0 Å². The molecular weight excluding hydrogens is 419 g/mol. The Kier molecular flexibility index (Phi) is 5.34. The number of hydrogen-bond acceptors (Lipinski definition) is 1. The maximum absolute atomic E-state index is 13.9. The third-order valence-corrected chi connectivity index (χ3v) is 5.95. The average molecular weight is 439 g/mol. The van der Waals surface area contributed by atoms with Gasteiger partial charge in [-0.1, -0.05) is 115 Å². The lowest BCUT2D eigenvalue weighted by Crippen LogP contribution is -2.38. The van der Waals surface area contributed by atoms with E-state index in [0.717, 1.165) is 16.7 Å². The zero-order chi connectivity index (χ0) is 22.0. The molecule has 2 nitrogen and oxygen atoms in total. The van der Waals surface area contributed by atoms with Gasteiger partial charge in [0, 0.05) is 11.6 Å². The van der Waals surface area contributed by atoms with Crippen molar-refractivity contribution >= 4 is 11.6 Å². The summed E-state index contributed by atoms with van der Waals surface area (Å²) in [6, 6.07) is 38.8. The molecule has 1 aromatic heterocycles. The summed E-state index contributed by atoms with van der Waals surface area (Å²) in [5, 5.41) is 5.40. The molecule has 4 aromatic carbocycles. The summed E-state index contributed by atoms with van der Waals surface area (Å²) in [7, 11) is 0. The molecule has 0 radical (unpaired) electrons. The number of aromatic nitrogens is 2. The maximum atomic E-state index is 13.9. The Bertz CT molecular complexity index is 1240. The van der Waals surface area contributed by atoms with E-state index in [1.54, 1.807) is 12.1 Å². The molecule has 0 aliphatic carbocycles. The minimum atomic E-state index is -0.813. The smallest absolute Gasteiger partial charge is 0.139 e. The molecule has 0 spiro atoms. The quantitative estimate of drug-likeness (QED) is 0.266.